The van der Waals surface area contributed by atoms with Crippen molar-refractivity contribution in [2.45, 2.75) is 25.2 Å². The first kappa shape index (κ1) is 18.6. The van der Waals surface area contributed by atoms with Crippen molar-refractivity contribution < 1.29 is 22.6 Å². The molecule has 1 saturated heterocycles. The highest BCUT2D eigenvalue weighted by Crippen LogP contribution is 2.54. The maximum Gasteiger partial charge on any atom is 0.416 e. The molecule has 0 radical (unpaired) electrons. The smallest absolute Gasteiger partial charge is 0.416 e. The molecule has 0 N–H and O–H groups in total. The lowest BCUT2D eigenvalue weighted by Gasteiger charge is -2.45. The summed E-state index contributed by atoms with van der Waals surface area (Å²) in [6, 6.07) is 17.8. The van der Waals surface area contributed by atoms with Gasteiger partial charge in [0.1, 0.15) is 0 Å². The highest BCUT2D eigenvalue weighted by molar-refractivity contribution is 5.86. The normalized spacial score (nSPS) is 19.2. The molecule has 4 nitrogen and oxygen atoms in total. The Kier molecular flexibility index (Phi) is 3.99. The summed E-state index contributed by atoms with van der Waals surface area (Å²) in [4.78, 5) is 0. The maximum absolute atomic E-state index is 13.0. The number of hydrogen-bond donors (Lipinski definition) is 0. The maximum atomic E-state index is 13.0. The second-order valence-electron chi connectivity index (χ2n) is 8.04. The Balaban J connectivity index is 1.30. The monoisotopic (exact) mass is 424 g/mol. The van der Waals surface area contributed by atoms with E-state index in [2.05, 4.69) is 16.1 Å². The van der Waals surface area contributed by atoms with E-state index in [1.165, 1.54) is 5.56 Å². The molecular formula is C24H19F3N2O2. The van der Waals surface area contributed by atoms with Gasteiger partial charge in [0.15, 0.2) is 11.5 Å². The summed E-state index contributed by atoms with van der Waals surface area (Å²) in [5, 5.41) is 4.60. The van der Waals surface area contributed by atoms with Crippen LogP contribution in [0.15, 0.2) is 60.7 Å². The van der Waals surface area contributed by atoms with Gasteiger partial charge in [0.05, 0.1) is 17.3 Å². The number of benzene rings is 3. The van der Waals surface area contributed by atoms with Crippen molar-refractivity contribution in [3.05, 3.63) is 77.4 Å². The number of rotatable bonds is 3. The molecule has 3 aliphatic heterocycles. The Morgan fingerprint density at radius 3 is 2.55 bits per heavy atom. The van der Waals surface area contributed by atoms with E-state index < -0.39 is 11.7 Å². The summed E-state index contributed by atoms with van der Waals surface area (Å²) in [6.07, 6.45) is -3.31. The number of fused-ring (bicyclic) bond motifs is 5. The number of para-hydroxylation sites is 1. The fourth-order valence-electron chi connectivity index (χ4n) is 4.78. The van der Waals surface area contributed by atoms with Crippen LogP contribution < -0.4 is 14.5 Å². The van der Waals surface area contributed by atoms with Gasteiger partial charge in [-0.1, -0.05) is 36.4 Å². The molecule has 0 bridgehead atoms. The van der Waals surface area contributed by atoms with Crippen LogP contribution in [0.5, 0.6) is 11.5 Å². The van der Waals surface area contributed by atoms with Gasteiger partial charge in [-0.25, -0.2) is 5.01 Å². The van der Waals surface area contributed by atoms with Crippen molar-refractivity contribution >= 4 is 5.69 Å². The van der Waals surface area contributed by atoms with Gasteiger partial charge in [0.25, 0.3) is 0 Å². The summed E-state index contributed by atoms with van der Waals surface area (Å²) in [5.41, 5.74) is 4.59. The predicted octanol–water partition coefficient (Wildman–Crippen LogP) is 5.78. The largest absolute Gasteiger partial charge is 0.454 e. The van der Waals surface area contributed by atoms with Gasteiger partial charge >= 0.3 is 6.18 Å². The summed E-state index contributed by atoms with van der Waals surface area (Å²) in [7, 11) is 0. The molecule has 0 aliphatic carbocycles. The number of nitrogens with zero attached hydrogens (tertiary/aromatic N) is 2. The zero-order chi connectivity index (χ0) is 21.2. The first-order valence-electron chi connectivity index (χ1n) is 10.2. The molecule has 31 heavy (non-hydrogen) atoms. The van der Waals surface area contributed by atoms with Crippen LogP contribution in [0.3, 0.4) is 0 Å². The van der Waals surface area contributed by atoms with Crippen molar-refractivity contribution in [1.29, 1.82) is 0 Å². The molecule has 1 atom stereocenters. The van der Waals surface area contributed by atoms with Crippen LogP contribution in [0.25, 0.3) is 11.1 Å². The third-order valence-corrected chi connectivity index (χ3v) is 6.24. The third kappa shape index (κ3) is 2.95. The van der Waals surface area contributed by atoms with Crippen molar-refractivity contribution in [2.24, 2.45) is 0 Å². The minimum atomic E-state index is -4.33. The van der Waals surface area contributed by atoms with Crippen LogP contribution in [0.2, 0.25) is 0 Å². The van der Waals surface area contributed by atoms with E-state index in [4.69, 9.17) is 9.47 Å². The standard InChI is InChI=1S/C24H19F3N2O2/c25-24(26,27)17-7-5-16(6-8-17)18-2-1-3-19-20-10-11-28(29(20)23(18)19)13-15-4-9-21-22(12-15)31-14-30-21/h1-9,12,20H,10-11,13-14H2. The zero-order valence-corrected chi connectivity index (χ0v) is 16.5. The molecular weight excluding hydrogens is 405 g/mol. The van der Waals surface area contributed by atoms with Crippen molar-refractivity contribution in [1.82, 2.24) is 5.01 Å². The van der Waals surface area contributed by atoms with Gasteiger partial charge in [-0.05, 0) is 41.8 Å². The van der Waals surface area contributed by atoms with Crippen LogP contribution in [0.4, 0.5) is 18.9 Å². The molecule has 3 aliphatic rings. The van der Waals surface area contributed by atoms with Gasteiger partial charge < -0.3 is 9.47 Å². The fourth-order valence-corrected chi connectivity index (χ4v) is 4.78. The molecule has 0 amide bonds. The molecule has 3 heterocycles. The molecule has 0 saturated carbocycles. The number of hydrazine groups is 1. The molecule has 0 aromatic heterocycles. The Hall–Kier alpha value is -3.19. The molecule has 1 fully saturated rings. The third-order valence-electron chi connectivity index (χ3n) is 6.24. The lowest BCUT2D eigenvalue weighted by molar-refractivity contribution is -0.137. The Morgan fingerprint density at radius 1 is 0.935 bits per heavy atom. The SMILES string of the molecule is FC(F)(F)c1ccc(-c2cccc3c2N2C3CCN2Cc2ccc3c(c2)OCO3)cc1. The molecule has 3 aromatic rings. The first-order chi connectivity index (χ1) is 15.0. The van der Waals surface area contributed by atoms with Gasteiger partial charge in [-0.15, -0.1) is 0 Å². The zero-order valence-electron chi connectivity index (χ0n) is 16.5. The Bertz CT molecular complexity index is 1160. The molecule has 0 spiro atoms. The molecule has 6 rings (SSSR count). The summed E-state index contributed by atoms with van der Waals surface area (Å²) >= 11 is 0. The van der Waals surface area contributed by atoms with E-state index in [1.54, 1.807) is 12.1 Å². The number of hydrogen-bond acceptors (Lipinski definition) is 4. The molecule has 1 unspecified atom stereocenters. The Labute approximate surface area is 177 Å². The highest BCUT2D eigenvalue weighted by Gasteiger charge is 2.44. The quantitative estimate of drug-likeness (QED) is 0.532. The average Bonchev–Trinajstić information content (AvgIpc) is 3.35. The van der Waals surface area contributed by atoms with Gasteiger partial charge in [0.2, 0.25) is 6.79 Å². The van der Waals surface area contributed by atoms with Crippen molar-refractivity contribution in [3.8, 4) is 22.6 Å². The lowest BCUT2D eigenvalue weighted by Crippen LogP contribution is -2.44. The van der Waals surface area contributed by atoms with E-state index in [0.29, 0.717) is 6.04 Å². The second kappa shape index (κ2) is 6.65. The van der Waals surface area contributed by atoms with E-state index in [0.717, 1.165) is 65.5 Å². The number of halogens is 3. The van der Waals surface area contributed by atoms with Crippen molar-refractivity contribution in [2.75, 3.05) is 18.3 Å². The fraction of sp³-hybridized carbons (Fsp3) is 0.250. The van der Waals surface area contributed by atoms with Gasteiger partial charge in [-0.2, -0.15) is 13.2 Å². The lowest BCUT2D eigenvalue weighted by atomic mass is 9.88. The topological polar surface area (TPSA) is 24.9 Å². The number of anilines is 1. The molecule has 3 aromatic carbocycles. The van der Waals surface area contributed by atoms with Gasteiger partial charge in [-0.3, -0.25) is 5.01 Å². The molecule has 7 heteroatoms. The van der Waals surface area contributed by atoms with Crippen LogP contribution in [-0.2, 0) is 12.7 Å². The highest BCUT2D eigenvalue weighted by atomic mass is 19.4. The number of ether oxygens (including phenoxy) is 2. The summed E-state index contributed by atoms with van der Waals surface area (Å²) in [5.74, 6) is 1.53. The van der Waals surface area contributed by atoms with E-state index >= 15 is 0 Å². The van der Waals surface area contributed by atoms with Crippen LogP contribution >= 0.6 is 0 Å². The first-order valence-corrected chi connectivity index (χ1v) is 10.2. The minimum absolute atomic E-state index is 0.251. The minimum Gasteiger partial charge on any atom is -0.454 e. The average molecular weight is 424 g/mol. The van der Waals surface area contributed by atoms with Crippen LogP contribution in [0, 0.1) is 0 Å². The summed E-state index contributed by atoms with van der Waals surface area (Å²) < 4.78 is 49.8. The number of alkyl halides is 3. The van der Waals surface area contributed by atoms with Gasteiger partial charge in [0, 0.05) is 24.2 Å². The summed E-state index contributed by atoms with van der Waals surface area (Å²) in [6.45, 7) is 1.90. The van der Waals surface area contributed by atoms with E-state index in [1.807, 2.05) is 30.3 Å². The molecule has 158 valence electrons. The van der Waals surface area contributed by atoms with Crippen LogP contribution in [0.1, 0.15) is 29.2 Å². The Morgan fingerprint density at radius 2 is 1.74 bits per heavy atom. The van der Waals surface area contributed by atoms with Crippen LogP contribution in [-0.4, -0.2) is 18.3 Å². The van der Waals surface area contributed by atoms with E-state index in [-0.39, 0.29) is 6.79 Å². The predicted molar refractivity (Wildman–Crippen MR) is 110 cm³/mol. The van der Waals surface area contributed by atoms with E-state index in [9.17, 15) is 13.2 Å². The van der Waals surface area contributed by atoms with Crippen molar-refractivity contribution in [3.63, 3.8) is 0 Å². The second-order valence-corrected chi connectivity index (χ2v) is 8.04.